The summed E-state index contributed by atoms with van der Waals surface area (Å²) in [5.41, 5.74) is 0. The zero-order valence-electron chi connectivity index (χ0n) is 9.57. The molecule has 0 radical (unpaired) electrons. The minimum absolute atomic E-state index is 0.00250. The van der Waals surface area contributed by atoms with Crippen LogP contribution >= 0.6 is 0 Å². The highest BCUT2D eigenvalue weighted by molar-refractivity contribution is 5.89. The Kier molecular flexibility index (Phi) is 3.43. The molecule has 1 aliphatic carbocycles. The van der Waals surface area contributed by atoms with Gasteiger partial charge in [-0.05, 0) is 19.8 Å². The van der Waals surface area contributed by atoms with Crippen LogP contribution in [0.3, 0.4) is 0 Å². The largest absolute Gasteiger partial charge is 0.378 e. The number of hydrogen-bond donors (Lipinski definition) is 1. The van der Waals surface area contributed by atoms with E-state index < -0.39 is 6.04 Å². The molecule has 2 rings (SSSR count). The Bertz CT molecular complexity index is 283. The van der Waals surface area contributed by atoms with Gasteiger partial charge in [-0.2, -0.15) is 0 Å². The van der Waals surface area contributed by atoms with Crippen molar-refractivity contribution in [1.29, 1.82) is 0 Å². The predicted molar refractivity (Wildman–Crippen MR) is 57.7 cm³/mol. The van der Waals surface area contributed by atoms with Crippen LogP contribution in [0.4, 0.5) is 0 Å². The van der Waals surface area contributed by atoms with Crippen LogP contribution < -0.4 is 5.32 Å². The van der Waals surface area contributed by atoms with E-state index in [2.05, 4.69) is 5.32 Å². The minimum atomic E-state index is -0.411. The molecule has 1 N–H and O–H groups in total. The van der Waals surface area contributed by atoms with Crippen LogP contribution in [-0.2, 0) is 14.3 Å². The summed E-state index contributed by atoms with van der Waals surface area (Å²) in [7, 11) is 0. The maximum Gasteiger partial charge on any atom is 0.245 e. The van der Waals surface area contributed by atoms with Gasteiger partial charge in [-0.25, -0.2) is 0 Å². The van der Waals surface area contributed by atoms with Gasteiger partial charge in [-0.1, -0.05) is 0 Å². The Labute approximate surface area is 95.1 Å². The third-order valence-electron chi connectivity index (χ3n) is 3.00. The quantitative estimate of drug-likeness (QED) is 0.722. The summed E-state index contributed by atoms with van der Waals surface area (Å²) >= 11 is 0. The van der Waals surface area contributed by atoms with E-state index in [9.17, 15) is 9.59 Å². The predicted octanol–water partition coefficient (Wildman–Crippen LogP) is -0.240. The summed E-state index contributed by atoms with van der Waals surface area (Å²) < 4.78 is 5.18. The van der Waals surface area contributed by atoms with Gasteiger partial charge in [0.05, 0.1) is 13.2 Å². The van der Waals surface area contributed by atoms with Gasteiger partial charge in [0, 0.05) is 19.0 Å². The molecular formula is C11H18N2O3. The molecule has 1 saturated heterocycles. The first kappa shape index (κ1) is 11.4. The molecule has 0 spiro atoms. The van der Waals surface area contributed by atoms with Crippen molar-refractivity contribution in [2.45, 2.75) is 25.8 Å². The second kappa shape index (κ2) is 4.82. The molecule has 2 amide bonds. The molecule has 1 unspecified atom stereocenters. The zero-order chi connectivity index (χ0) is 11.5. The fraction of sp³-hybridized carbons (Fsp3) is 0.818. The monoisotopic (exact) mass is 226 g/mol. The highest BCUT2D eigenvalue weighted by Gasteiger charge is 2.32. The van der Waals surface area contributed by atoms with Gasteiger partial charge in [0.15, 0.2) is 0 Å². The molecule has 0 aromatic heterocycles. The minimum Gasteiger partial charge on any atom is -0.378 e. The molecule has 1 saturated carbocycles. The average Bonchev–Trinajstić information content (AvgIpc) is 3.13. The third kappa shape index (κ3) is 2.72. The lowest BCUT2D eigenvalue weighted by atomic mass is 10.2. The van der Waals surface area contributed by atoms with Gasteiger partial charge in [0.1, 0.15) is 6.04 Å². The lowest BCUT2D eigenvalue weighted by Gasteiger charge is -2.29. The number of ether oxygens (including phenoxy) is 1. The van der Waals surface area contributed by atoms with Crippen molar-refractivity contribution >= 4 is 11.8 Å². The van der Waals surface area contributed by atoms with Crippen molar-refractivity contribution in [3.63, 3.8) is 0 Å². The molecule has 1 atom stereocenters. The maximum atomic E-state index is 11.9. The number of carbonyl (C=O) groups is 2. The highest BCUT2D eigenvalue weighted by atomic mass is 16.5. The number of nitrogens with one attached hydrogen (secondary N) is 1. The summed E-state index contributed by atoms with van der Waals surface area (Å²) in [5, 5.41) is 2.77. The molecule has 0 aromatic carbocycles. The Morgan fingerprint density at radius 2 is 1.94 bits per heavy atom. The summed E-state index contributed by atoms with van der Waals surface area (Å²) in [6.45, 7) is 4.19. The summed E-state index contributed by atoms with van der Waals surface area (Å²) in [6, 6.07) is -0.411. The van der Waals surface area contributed by atoms with E-state index in [1.807, 2.05) is 0 Å². The second-order valence-electron chi connectivity index (χ2n) is 4.44. The second-order valence-corrected chi connectivity index (χ2v) is 4.44. The molecule has 1 aliphatic heterocycles. The first-order valence-electron chi connectivity index (χ1n) is 5.85. The topological polar surface area (TPSA) is 58.6 Å². The summed E-state index contributed by atoms with van der Waals surface area (Å²) in [5.74, 6) is 0.173. The fourth-order valence-corrected chi connectivity index (χ4v) is 1.80. The van der Waals surface area contributed by atoms with Crippen LogP contribution in [0.25, 0.3) is 0 Å². The van der Waals surface area contributed by atoms with E-state index in [1.54, 1.807) is 11.8 Å². The molecule has 0 bridgehead atoms. The molecule has 5 heteroatoms. The van der Waals surface area contributed by atoms with Crippen molar-refractivity contribution in [2.24, 2.45) is 5.92 Å². The van der Waals surface area contributed by atoms with Gasteiger partial charge in [-0.3, -0.25) is 9.59 Å². The first-order valence-corrected chi connectivity index (χ1v) is 5.85. The molecule has 2 aliphatic rings. The zero-order valence-corrected chi connectivity index (χ0v) is 9.57. The van der Waals surface area contributed by atoms with Gasteiger partial charge in [-0.15, -0.1) is 0 Å². The number of morpholine rings is 1. The molecule has 16 heavy (non-hydrogen) atoms. The Morgan fingerprint density at radius 3 is 2.50 bits per heavy atom. The molecule has 2 fully saturated rings. The fourth-order valence-electron chi connectivity index (χ4n) is 1.80. The normalized spacial score (nSPS) is 22.7. The lowest BCUT2D eigenvalue weighted by Crippen LogP contribution is -2.50. The summed E-state index contributed by atoms with van der Waals surface area (Å²) in [4.78, 5) is 25.2. The Morgan fingerprint density at radius 1 is 1.31 bits per heavy atom. The molecule has 1 heterocycles. The summed E-state index contributed by atoms with van der Waals surface area (Å²) in [6.07, 6.45) is 1.93. The number of carbonyl (C=O) groups excluding carboxylic acids is 2. The van der Waals surface area contributed by atoms with E-state index in [0.717, 1.165) is 12.8 Å². The first-order chi connectivity index (χ1) is 7.68. The van der Waals surface area contributed by atoms with Crippen LogP contribution in [0, 0.1) is 5.92 Å². The van der Waals surface area contributed by atoms with Crippen molar-refractivity contribution in [3.8, 4) is 0 Å². The highest BCUT2D eigenvalue weighted by Crippen LogP contribution is 2.28. The van der Waals surface area contributed by atoms with Crippen LogP contribution in [0.2, 0.25) is 0 Å². The number of nitrogens with zero attached hydrogens (tertiary/aromatic N) is 1. The van der Waals surface area contributed by atoms with E-state index in [-0.39, 0.29) is 17.7 Å². The van der Waals surface area contributed by atoms with Gasteiger partial charge in [0.25, 0.3) is 0 Å². The van der Waals surface area contributed by atoms with Crippen molar-refractivity contribution in [1.82, 2.24) is 10.2 Å². The third-order valence-corrected chi connectivity index (χ3v) is 3.00. The van der Waals surface area contributed by atoms with Crippen molar-refractivity contribution < 1.29 is 14.3 Å². The van der Waals surface area contributed by atoms with E-state index in [4.69, 9.17) is 4.74 Å². The molecule has 5 nitrogen and oxygen atoms in total. The maximum absolute atomic E-state index is 11.9. The number of hydrogen-bond acceptors (Lipinski definition) is 3. The van der Waals surface area contributed by atoms with Crippen LogP contribution in [0.15, 0.2) is 0 Å². The van der Waals surface area contributed by atoms with E-state index in [0.29, 0.717) is 26.3 Å². The average molecular weight is 226 g/mol. The molecule has 0 aromatic rings. The standard InChI is InChI=1S/C11H18N2O3/c1-8(12-10(14)9-2-3-9)11(15)13-4-6-16-7-5-13/h8-9H,2-7H2,1H3,(H,12,14). The molecule has 90 valence electrons. The van der Waals surface area contributed by atoms with Crippen molar-refractivity contribution in [3.05, 3.63) is 0 Å². The van der Waals surface area contributed by atoms with Crippen LogP contribution in [-0.4, -0.2) is 49.1 Å². The van der Waals surface area contributed by atoms with Gasteiger partial charge < -0.3 is 15.0 Å². The van der Waals surface area contributed by atoms with Crippen LogP contribution in [0.1, 0.15) is 19.8 Å². The smallest absolute Gasteiger partial charge is 0.245 e. The Balaban J connectivity index is 1.80. The van der Waals surface area contributed by atoms with Crippen molar-refractivity contribution in [2.75, 3.05) is 26.3 Å². The van der Waals surface area contributed by atoms with E-state index in [1.165, 1.54) is 0 Å². The van der Waals surface area contributed by atoms with Crippen LogP contribution in [0.5, 0.6) is 0 Å². The van der Waals surface area contributed by atoms with E-state index >= 15 is 0 Å². The number of rotatable bonds is 3. The Hall–Kier alpha value is -1.10. The molecular weight excluding hydrogens is 208 g/mol. The van der Waals surface area contributed by atoms with Gasteiger partial charge in [0.2, 0.25) is 11.8 Å². The lowest BCUT2D eigenvalue weighted by molar-refractivity contribution is -0.139. The van der Waals surface area contributed by atoms with Gasteiger partial charge >= 0.3 is 0 Å². The SMILES string of the molecule is CC(NC(=O)C1CC1)C(=O)N1CCOCC1. The number of amides is 2.